The molecule has 3 rings (SSSR count). The van der Waals surface area contributed by atoms with Crippen LogP contribution in [0.4, 0.5) is 0 Å². The molecular weight excluding hydrogens is 462 g/mol. The molecule has 0 saturated heterocycles. The van der Waals surface area contributed by atoms with Crippen LogP contribution in [0.15, 0.2) is 42.5 Å². The SMILES string of the molecule is CC(C)CCOC(=O)C1(C(=O)O)Oc2ccc(C[C@@H](C)NC[C@H](O)c3cccc(Cl)c3)cc2O1. The summed E-state index contributed by atoms with van der Waals surface area (Å²) < 4.78 is 16.0. The van der Waals surface area contributed by atoms with Crippen molar-refractivity contribution >= 4 is 23.5 Å². The van der Waals surface area contributed by atoms with Crippen molar-refractivity contribution in [3.63, 3.8) is 0 Å². The zero-order valence-corrected chi connectivity index (χ0v) is 20.2. The van der Waals surface area contributed by atoms with Crippen LogP contribution in [0, 0.1) is 5.92 Å². The number of benzene rings is 2. The molecule has 0 bridgehead atoms. The molecule has 9 heteroatoms. The van der Waals surface area contributed by atoms with Gasteiger partial charge in [0, 0.05) is 17.6 Å². The smallest absolute Gasteiger partial charge is 0.453 e. The van der Waals surface area contributed by atoms with Gasteiger partial charge in [0.2, 0.25) is 0 Å². The molecule has 184 valence electrons. The molecule has 0 aliphatic carbocycles. The molecule has 0 radical (unpaired) electrons. The molecule has 1 heterocycles. The van der Waals surface area contributed by atoms with Gasteiger partial charge in [-0.1, -0.05) is 43.6 Å². The molecule has 1 unspecified atom stereocenters. The van der Waals surface area contributed by atoms with Crippen molar-refractivity contribution < 1.29 is 34.0 Å². The fraction of sp³-hybridized carbons (Fsp3) is 0.440. The minimum absolute atomic E-state index is 0.0144. The summed E-state index contributed by atoms with van der Waals surface area (Å²) in [5.74, 6) is -4.62. The zero-order chi connectivity index (χ0) is 24.9. The van der Waals surface area contributed by atoms with E-state index in [4.69, 9.17) is 25.8 Å². The number of aliphatic hydroxyl groups excluding tert-OH is 1. The van der Waals surface area contributed by atoms with Crippen LogP contribution in [0.3, 0.4) is 0 Å². The largest absolute Gasteiger partial charge is 0.475 e. The Kier molecular flexibility index (Phi) is 8.41. The standard InChI is InChI=1S/C25H30ClNO7/c1-15(2)9-10-32-24(31)25(23(29)30)33-21-8-7-17(12-22(21)34-25)11-16(3)27-14-20(28)18-5-4-6-19(26)13-18/h4-8,12-13,15-16,20,27-28H,9-11,14H2,1-3H3,(H,29,30)/t16-,20+,25?/m1/s1. The van der Waals surface area contributed by atoms with Crippen molar-refractivity contribution in [2.45, 2.75) is 51.5 Å². The van der Waals surface area contributed by atoms with Crippen LogP contribution in [0.2, 0.25) is 5.02 Å². The van der Waals surface area contributed by atoms with Gasteiger partial charge in [-0.25, -0.2) is 9.59 Å². The lowest BCUT2D eigenvalue weighted by Gasteiger charge is -2.20. The van der Waals surface area contributed by atoms with Crippen LogP contribution < -0.4 is 14.8 Å². The first-order valence-electron chi connectivity index (χ1n) is 11.2. The van der Waals surface area contributed by atoms with Crippen molar-refractivity contribution in [1.82, 2.24) is 5.32 Å². The molecule has 1 aliphatic rings. The van der Waals surface area contributed by atoms with Gasteiger partial charge in [0.25, 0.3) is 0 Å². The highest BCUT2D eigenvalue weighted by Crippen LogP contribution is 2.41. The number of rotatable bonds is 11. The molecule has 0 aromatic heterocycles. The Morgan fingerprint density at radius 1 is 1.12 bits per heavy atom. The van der Waals surface area contributed by atoms with E-state index in [1.807, 2.05) is 26.8 Å². The second-order valence-electron chi connectivity index (χ2n) is 8.81. The average molecular weight is 492 g/mol. The lowest BCUT2D eigenvalue weighted by Crippen LogP contribution is -2.55. The van der Waals surface area contributed by atoms with Gasteiger partial charge in [-0.15, -0.1) is 0 Å². The summed E-state index contributed by atoms with van der Waals surface area (Å²) in [5, 5.41) is 23.9. The monoisotopic (exact) mass is 491 g/mol. The van der Waals surface area contributed by atoms with Gasteiger partial charge in [-0.05, 0) is 61.1 Å². The minimum Gasteiger partial charge on any atom is -0.475 e. The average Bonchev–Trinajstić information content (AvgIpc) is 3.17. The highest BCUT2D eigenvalue weighted by atomic mass is 35.5. The number of carboxylic acids is 1. The summed E-state index contributed by atoms with van der Waals surface area (Å²) in [7, 11) is 0. The van der Waals surface area contributed by atoms with Gasteiger partial charge in [0.15, 0.2) is 11.5 Å². The Bertz CT molecular complexity index is 1030. The highest BCUT2D eigenvalue weighted by molar-refractivity contribution is 6.30. The number of aliphatic hydroxyl groups is 1. The van der Waals surface area contributed by atoms with Crippen LogP contribution in [-0.2, 0) is 20.7 Å². The van der Waals surface area contributed by atoms with E-state index in [1.54, 1.807) is 36.4 Å². The Balaban J connectivity index is 1.60. The first kappa shape index (κ1) is 25.8. The number of nitrogens with one attached hydrogen (secondary N) is 1. The zero-order valence-electron chi connectivity index (χ0n) is 19.4. The van der Waals surface area contributed by atoms with Gasteiger partial charge in [-0.2, -0.15) is 0 Å². The molecule has 1 aliphatic heterocycles. The van der Waals surface area contributed by atoms with E-state index >= 15 is 0 Å². The van der Waals surface area contributed by atoms with Crippen molar-refractivity contribution in [3.8, 4) is 11.5 Å². The summed E-state index contributed by atoms with van der Waals surface area (Å²) in [6, 6.07) is 12.0. The van der Waals surface area contributed by atoms with Crippen molar-refractivity contribution in [3.05, 3.63) is 58.6 Å². The van der Waals surface area contributed by atoms with Gasteiger partial charge < -0.3 is 29.7 Å². The Labute approximate surface area is 203 Å². The fourth-order valence-corrected chi connectivity index (χ4v) is 3.68. The molecule has 8 nitrogen and oxygen atoms in total. The van der Waals surface area contributed by atoms with E-state index < -0.39 is 23.8 Å². The summed E-state index contributed by atoms with van der Waals surface area (Å²) in [5.41, 5.74) is 1.56. The molecule has 2 aromatic rings. The van der Waals surface area contributed by atoms with Gasteiger partial charge >= 0.3 is 17.7 Å². The van der Waals surface area contributed by atoms with Crippen molar-refractivity contribution in [1.29, 1.82) is 0 Å². The molecule has 0 fully saturated rings. The molecule has 3 N–H and O–H groups in total. The maximum atomic E-state index is 12.5. The molecule has 3 atom stereocenters. The molecule has 2 aromatic carbocycles. The van der Waals surface area contributed by atoms with Crippen LogP contribution in [0.5, 0.6) is 11.5 Å². The number of esters is 1. The third-order valence-corrected chi connectivity index (χ3v) is 5.66. The number of fused-ring (bicyclic) bond motifs is 1. The highest BCUT2D eigenvalue weighted by Gasteiger charge is 2.58. The van der Waals surface area contributed by atoms with E-state index in [0.717, 1.165) is 11.1 Å². The van der Waals surface area contributed by atoms with E-state index in [0.29, 0.717) is 30.3 Å². The number of carbonyl (C=O) groups is 2. The number of hydrogen-bond acceptors (Lipinski definition) is 7. The number of carbonyl (C=O) groups excluding carboxylic acids is 1. The second-order valence-corrected chi connectivity index (χ2v) is 9.25. The van der Waals surface area contributed by atoms with Crippen LogP contribution in [0.25, 0.3) is 0 Å². The van der Waals surface area contributed by atoms with Gasteiger partial charge in [-0.3, -0.25) is 0 Å². The predicted octanol–water partition coefficient (Wildman–Crippen LogP) is 3.74. The maximum absolute atomic E-state index is 12.5. The number of halogens is 1. The van der Waals surface area contributed by atoms with E-state index in [9.17, 15) is 19.8 Å². The van der Waals surface area contributed by atoms with Gasteiger partial charge in [0.1, 0.15) is 0 Å². The van der Waals surface area contributed by atoms with E-state index in [-0.39, 0.29) is 24.1 Å². The Morgan fingerprint density at radius 3 is 2.53 bits per heavy atom. The van der Waals surface area contributed by atoms with Crippen molar-refractivity contribution in [2.24, 2.45) is 5.92 Å². The molecule has 0 saturated carbocycles. The van der Waals surface area contributed by atoms with Crippen LogP contribution in [-0.4, -0.2) is 47.1 Å². The number of carboxylic acid groups (broad SMARTS) is 1. The molecule has 0 amide bonds. The third-order valence-electron chi connectivity index (χ3n) is 5.43. The maximum Gasteiger partial charge on any atom is 0.453 e. The van der Waals surface area contributed by atoms with E-state index in [2.05, 4.69) is 5.32 Å². The number of aliphatic carboxylic acids is 1. The quantitative estimate of drug-likeness (QED) is 0.322. The fourth-order valence-electron chi connectivity index (χ4n) is 3.48. The molecular formula is C25H30ClNO7. The molecule has 34 heavy (non-hydrogen) atoms. The third kappa shape index (κ3) is 6.20. The second kappa shape index (κ2) is 11.1. The van der Waals surface area contributed by atoms with Crippen LogP contribution >= 0.6 is 11.6 Å². The number of ether oxygens (including phenoxy) is 3. The van der Waals surface area contributed by atoms with E-state index in [1.165, 1.54) is 0 Å². The normalized spacial score (nSPS) is 18.5. The lowest BCUT2D eigenvalue weighted by atomic mass is 10.1. The lowest BCUT2D eigenvalue weighted by molar-refractivity contribution is -0.198. The first-order valence-corrected chi connectivity index (χ1v) is 11.6. The summed E-state index contributed by atoms with van der Waals surface area (Å²) in [4.78, 5) is 24.4. The first-order chi connectivity index (χ1) is 16.1. The summed E-state index contributed by atoms with van der Waals surface area (Å²) >= 11 is 5.98. The topological polar surface area (TPSA) is 114 Å². The molecule has 0 spiro atoms. The van der Waals surface area contributed by atoms with Crippen LogP contribution in [0.1, 0.15) is 44.4 Å². The Morgan fingerprint density at radius 2 is 1.85 bits per heavy atom. The Hall–Kier alpha value is -2.81. The van der Waals surface area contributed by atoms with Crippen molar-refractivity contribution in [2.75, 3.05) is 13.2 Å². The van der Waals surface area contributed by atoms with Gasteiger partial charge in [0.05, 0.1) is 12.7 Å². The summed E-state index contributed by atoms with van der Waals surface area (Å²) in [6.07, 6.45) is 0.448. The summed E-state index contributed by atoms with van der Waals surface area (Å²) in [6.45, 7) is 6.30. The predicted molar refractivity (Wildman–Crippen MR) is 126 cm³/mol. The minimum atomic E-state index is -2.55. The number of hydrogen-bond donors (Lipinski definition) is 3.